The van der Waals surface area contributed by atoms with E-state index in [1.165, 1.54) is 5.56 Å². The third-order valence-corrected chi connectivity index (χ3v) is 3.79. The van der Waals surface area contributed by atoms with Crippen LogP contribution in [-0.2, 0) is 11.9 Å². The molecule has 2 heterocycles. The molecule has 1 aromatic carbocycles. The number of ether oxygens (including phenoxy) is 1. The molecule has 5 heteroatoms. The Labute approximate surface area is 114 Å². The lowest BCUT2D eigenvalue weighted by molar-refractivity contribution is 0.256. The molecule has 1 atom stereocenters. The van der Waals surface area contributed by atoms with Crippen LogP contribution in [0.15, 0.2) is 30.5 Å². The minimum atomic E-state index is 0.458. The molecular weight excluding hydrogens is 294 g/mol. The normalized spacial score (nSPS) is 18.2. The number of aromatic nitrogens is 3. The van der Waals surface area contributed by atoms with Crippen LogP contribution in [0.3, 0.4) is 0 Å². The van der Waals surface area contributed by atoms with Gasteiger partial charge in [0.05, 0.1) is 12.3 Å². The van der Waals surface area contributed by atoms with Gasteiger partial charge in [-0.2, -0.15) is 0 Å². The highest BCUT2D eigenvalue weighted by atomic mass is 79.9. The van der Waals surface area contributed by atoms with Crippen molar-refractivity contribution in [3.63, 3.8) is 0 Å². The van der Waals surface area contributed by atoms with Crippen molar-refractivity contribution in [2.75, 3.05) is 6.61 Å². The van der Waals surface area contributed by atoms with Gasteiger partial charge in [-0.25, -0.2) is 0 Å². The van der Waals surface area contributed by atoms with Gasteiger partial charge >= 0.3 is 0 Å². The minimum absolute atomic E-state index is 0.458. The fraction of sp³-hybridized carbons (Fsp3) is 0.385. The van der Waals surface area contributed by atoms with Gasteiger partial charge in [0.2, 0.25) is 0 Å². The lowest BCUT2D eigenvalue weighted by Crippen LogP contribution is -2.18. The first kappa shape index (κ1) is 11.7. The molecule has 1 aliphatic rings. The highest BCUT2D eigenvalue weighted by Gasteiger charge is 2.21. The van der Waals surface area contributed by atoms with Crippen molar-refractivity contribution in [1.29, 1.82) is 0 Å². The summed E-state index contributed by atoms with van der Waals surface area (Å²) in [6, 6.07) is 8.25. The van der Waals surface area contributed by atoms with E-state index >= 15 is 0 Å². The van der Waals surface area contributed by atoms with Gasteiger partial charge in [-0.15, -0.1) is 5.10 Å². The summed E-state index contributed by atoms with van der Waals surface area (Å²) in [7, 11) is 0. The van der Waals surface area contributed by atoms with E-state index in [4.69, 9.17) is 4.74 Å². The minimum Gasteiger partial charge on any atom is -0.493 e. The van der Waals surface area contributed by atoms with Crippen molar-refractivity contribution < 1.29 is 4.74 Å². The predicted molar refractivity (Wildman–Crippen MR) is 71.9 cm³/mol. The SMILES string of the molecule is BrCc1cn(CC2CCOc3ccccc32)nn1. The fourth-order valence-electron chi connectivity index (χ4n) is 2.32. The molecule has 2 aromatic rings. The van der Waals surface area contributed by atoms with E-state index in [2.05, 4.69) is 38.4 Å². The first-order valence-electron chi connectivity index (χ1n) is 6.03. The number of alkyl halides is 1. The maximum atomic E-state index is 5.66. The number of hydrogen-bond acceptors (Lipinski definition) is 3. The highest BCUT2D eigenvalue weighted by Crippen LogP contribution is 2.34. The number of rotatable bonds is 3. The van der Waals surface area contributed by atoms with Gasteiger partial charge in [0.25, 0.3) is 0 Å². The van der Waals surface area contributed by atoms with Crippen molar-refractivity contribution in [2.45, 2.75) is 24.2 Å². The summed E-state index contributed by atoms with van der Waals surface area (Å²) in [6.45, 7) is 1.64. The zero-order valence-corrected chi connectivity index (χ0v) is 11.5. The van der Waals surface area contributed by atoms with E-state index in [-0.39, 0.29) is 0 Å². The molecule has 3 rings (SSSR count). The smallest absolute Gasteiger partial charge is 0.122 e. The van der Waals surface area contributed by atoms with E-state index in [0.29, 0.717) is 5.92 Å². The van der Waals surface area contributed by atoms with Crippen molar-refractivity contribution >= 4 is 15.9 Å². The Morgan fingerprint density at radius 1 is 1.39 bits per heavy atom. The largest absolute Gasteiger partial charge is 0.493 e. The molecule has 18 heavy (non-hydrogen) atoms. The van der Waals surface area contributed by atoms with E-state index in [0.717, 1.165) is 36.3 Å². The molecule has 0 radical (unpaired) electrons. The number of halogens is 1. The quantitative estimate of drug-likeness (QED) is 0.819. The van der Waals surface area contributed by atoms with Crippen molar-refractivity contribution in [3.8, 4) is 5.75 Å². The number of fused-ring (bicyclic) bond motifs is 1. The van der Waals surface area contributed by atoms with Gasteiger partial charge in [0.1, 0.15) is 5.75 Å². The summed E-state index contributed by atoms with van der Waals surface area (Å²) in [5, 5.41) is 8.99. The van der Waals surface area contributed by atoms with Gasteiger partial charge in [0, 0.05) is 24.0 Å². The fourth-order valence-corrected chi connectivity index (χ4v) is 2.58. The second-order valence-corrected chi connectivity index (χ2v) is 5.00. The first-order chi connectivity index (χ1) is 8.86. The summed E-state index contributed by atoms with van der Waals surface area (Å²) in [5.74, 6) is 1.47. The van der Waals surface area contributed by atoms with Gasteiger partial charge < -0.3 is 4.74 Å². The molecule has 94 valence electrons. The Balaban J connectivity index is 1.81. The topological polar surface area (TPSA) is 39.9 Å². The van der Waals surface area contributed by atoms with Crippen LogP contribution < -0.4 is 4.74 Å². The van der Waals surface area contributed by atoms with Crippen molar-refractivity contribution in [2.24, 2.45) is 0 Å². The highest BCUT2D eigenvalue weighted by molar-refractivity contribution is 9.08. The van der Waals surface area contributed by atoms with E-state index in [9.17, 15) is 0 Å². The number of hydrogen-bond donors (Lipinski definition) is 0. The lowest BCUT2D eigenvalue weighted by Gasteiger charge is -2.25. The maximum absolute atomic E-state index is 5.66. The molecule has 0 saturated carbocycles. The average molecular weight is 308 g/mol. The van der Waals surface area contributed by atoms with Crippen LogP contribution in [-0.4, -0.2) is 21.6 Å². The Kier molecular flexibility index (Phi) is 3.32. The number of nitrogens with zero attached hydrogens (tertiary/aromatic N) is 3. The summed E-state index contributed by atoms with van der Waals surface area (Å²) >= 11 is 3.39. The third kappa shape index (κ3) is 2.27. The number of benzene rings is 1. The summed E-state index contributed by atoms with van der Waals surface area (Å²) in [6.07, 6.45) is 3.02. The summed E-state index contributed by atoms with van der Waals surface area (Å²) < 4.78 is 7.58. The molecule has 1 aromatic heterocycles. The lowest BCUT2D eigenvalue weighted by atomic mass is 9.93. The standard InChI is InChI=1S/C13H14BrN3O/c14-7-11-9-17(16-15-11)8-10-5-6-18-13-4-2-1-3-12(10)13/h1-4,9-10H,5-8H2. The maximum Gasteiger partial charge on any atom is 0.122 e. The monoisotopic (exact) mass is 307 g/mol. The van der Waals surface area contributed by atoms with Crippen LogP contribution in [0.4, 0.5) is 0 Å². The van der Waals surface area contributed by atoms with Crippen LogP contribution in [0.1, 0.15) is 23.6 Å². The van der Waals surface area contributed by atoms with Crippen LogP contribution in [0.2, 0.25) is 0 Å². The van der Waals surface area contributed by atoms with Gasteiger partial charge in [-0.05, 0) is 18.1 Å². The molecule has 4 nitrogen and oxygen atoms in total. The van der Waals surface area contributed by atoms with Gasteiger partial charge in [-0.3, -0.25) is 4.68 Å². The number of para-hydroxylation sites is 1. The predicted octanol–water partition coefficient (Wildman–Crippen LogP) is 2.74. The van der Waals surface area contributed by atoms with Crippen LogP contribution >= 0.6 is 15.9 Å². The molecule has 0 aliphatic carbocycles. The van der Waals surface area contributed by atoms with Crippen LogP contribution in [0, 0.1) is 0 Å². The zero-order chi connectivity index (χ0) is 12.4. The molecule has 0 amide bonds. The Hall–Kier alpha value is -1.36. The zero-order valence-electron chi connectivity index (χ0n) is 9.92. The molecule has 0 spiro atoms. The third-order valence-electron chi connectivity index (χ3n) is 3.21. The van der Waals surface area contributed by atoms with E-state index < -0.39 is 0 Å². The van der Waals surface area contributed by atoms with Crippen molar-refractivity contribution in [1.82, 2.24) is 15.0 Å². The van der Waals surface area contributed by atoms with E-state index in [1.807, 2.05) is 23.0 Å². The second kappa shape index (κ2) is 5.10. The molecule has 0 saturated heterocycles. The Morgan fingerprint density at radius 2 is 2.28 bits per heavy atom. The average Bonchev–Trinajstić information content (AvgIpc) is 2.87. The first-order valence-corrected chi connectivity index (χ1v) is 7.15. The molecule has 0 bridgehead atoms. The second-order valence-electron chi connectivity index (χ2n) is 4.44. The molecular formula is C13H14BrN3O. The van der Waals surface area contributed by atoms with Gasteiger partial charge in [0.15, 0.2) is 0 Å². The molecule has 1 aliphatic heterocycles. The molecule has 0 N–H and O–H groups in total. The summed E-state index contributed by atoms with van der Waals surface area (Å²) in [4.78, 5) is 0. The van der Waals surface area contributed by atoms with Crippen molar-refractivity contribution in [3.05, 3.63) is 41.7 Å². The molecule has 0 fully saturated rings. The summed E-state index contributed by atoms with van der Waals surface area (Å²) in [5.41, 5.74) is 2.25. The van der Waals surface area contributed by atoms with Crippen LogP contribution in [0.5, 0.6) is 5.75 Å². The van der Waals surface area contributed by atoms with Gasteiger partial charge in [-0.1, -0.05) is 39.3 Å². The van der Waals surface area contributed by atoms with E-state index in [1.54, 1.807) is 0 Å². The Bertz CT molecular complexity index is 541. The van der Waals surface area contributed by atoms with Crippen LogP contribution in [0.25, 0.3) is 0 Å². The Morgan fingerprint density at radius 3 is 3.11 bits per heavy atom. The molecule has 1 unspecified atom stereocenters.